The van der Waals surface area contributed by atoms with Gasteiger partial charge in [0, 0.05) is 19.3 Å². The molecule has 1 heterocycles. The highest BCUT2D eigenvalue weighted by atomic mass is 16.7. The summed E-state index contributed by atoms with van der Waals surface area (Å²) in [6.07, 6.45) is 1.20. The maximum atomic E-state index is 12.2. The number of carbonyl (C=O) groups excluding carboxylic acids is 2. The van der Waals surface area contributed by atoms with Crippen molar-refractivity contribution in [1.82, 2.24) is 0 Å². The standard InChI is InChI=1S/C24H24O7/c1-28-24-23(31-21(26)15-13-18-10-6-3-7-11-18)22(27)19(16-29-24)30-20(25)14-12-17-8-4-2-5-9-17/h2-15,19,22-24,27H,16H2,1H3/b14-12-,15-13+/t19-,22+,23-,24-/m1/s1. The van der Waals surface area contributed by atoms with Gasteiger partial charge in [0.15, 0.2) is 18.5 Å². The molecule has 0 aromatic heterocycles. The van der Waals surface area contributed by atoms with Crippen LogP contribution in [0.25, 0.3) is 12.2 Å². The van der Waals surface area contributed by atoms with E-state index in [9.17, 15) is 14.7 Å². The lowest BCUT2D eigenvalue weighted by molar-refractivity contribution is -0.269. The van der Waals surface area contributed by atoms with Crippen LogP contribution < -0.4 is 0 Å². The average Bonchev–Trinajstić information content (AvgIpc) is 2.80. The van der Waals surface area contributed by atoms with Gasteiger partial charge in [0.2, 0.25) is 0 Å². The summed E-state index contributed by atoms with van der Waals surface area (Å²) in [5, 5.41) is 10.6. The van der Waals surface area contributed by atoms with Gasteiger partial charge >= 0.3 is 11.9 Å². The van der Waals surface area contributed by atoms with E-state index >= 15 is 0 Å². The molecule has 1 saturated heterocycles. The van der Waals surface area contributed by atoms with E-state index in [1.165, 1.54) is 19.3 Å². The van der Waals surface area contributed by atoms with Crippen LogP contribution in [0.15, 0.2) is 72.8 Å². The summed E-state index contributed by atoms with van der Waals surface area (Å²) in [6.45, 7) is -0.0987. The van der Waals surface area contributed by atoms with Crippen molar-refractivity contribution in [3.05, 3.63) is 83.9 Å². The number of methoxy groups -OCH3 is 1. The number of hydrogen-bond donors (Lipinski definition) is 1. The zero-order valence-corrected chi connectivity index (χ0v) is 17.0. The number of aliphatic hydroxyl groups is 1. The molecule has 0 saturated carbocycles. The SMILES string of the molecule is CO[C@@H]1OC[C@@H](OC(=O)/C=C\c2ccccc2)[C@H](O)[C@H]1OC(=O)/C=C/c1ccccc1. The monoisotopic (exact) mass is 424 g/mol. The van der Waals surface area contributed by atoms with Gasteiger partial charge in [0.25, 0.3) is 0 Å². The Morgan fingerprint density at radius 3 is 1.94 bits per heavy atom. The number of esters is 2. The summed E-state index contributed by atoms with van der Waals surface area (Å²) in [7, 11) is 1.37. The Bertz CT molecular complexity index is 908. The molecule has 2 aromatic rings. The first-order valence-corrected chi connectivity index (χ1v) is 9.77. The number of ether oxygens (including phenoxy) is 4. The molecular weight excluding hydrogens is 400 g/mol. The second-order valence-electron chi connectivity index (χ2n) is 6.79. The van der Waals surface area contributed by atoms with Crippen molar-refractivity contribution in [2.75, 3.05) is 13.7 Å². The van der Waals surface area contributed by atoms with Gasteiger partial charge in [-0.3, -0.25) is 0 Å². The molecule has 1 aliphatic heterocycles. The average molecular weight is 424 g/mol. The summed E-state index contributed by atoms with van der Waals surface area (Å²) in [5.74, 6) is -1.34. The Hall–Kier alpha value is -3.26. The van der Waals surface area contributed by atoms with Gasteiger partial charge in [0.1, 0.15) is 6.10 Å². The highest BCUT2D eigenvalue weighted by Crippen LogP contribution is 2.22. The van der Waals surface area contributed by atoms with Gasteiger partial charge in [0.05, 0.1) is 6.61 Å². The molecule has 1 aliphatic rings. The van der Waals surface area contributed by atoms with Crippen LogP contribution in [0.5, 0.6) is 0 Å². The van der Waals surface area contributed by atoms with Crippen molar-refractivity contribution in [2.45, 2.75) is 24.6 Å². The lowest BCUT2D eigenvalue weighted by Crippen LogP contribution is -2.56. The fraction of sp³-hybridized carbons (Fsp3) is 0.250. The molecule has 2 aromatic carbocycles. The van der Waals surface area contributed by atoms with Crippen molar-refractivity contribution in [3.63, 3.8) is 0 Å². The highest BCUT2D eigenvalue weighted by molar-refractivity contribution is 5.87. The van der Waals surface area contributed by atoms with Crippen molar-refractivity contribution in [2.24, 2.45) is 0 Å². The third kappa shape index (κ3) is 6.62. The van der Waals surface area contributed by atoms with Crippen molar-refractivity contribution >= 4 is 24.1 Å². The van der Waals surface area contributed by atoms with E-state index in [1.807, 2.05) is 60.7 Å². The lowest BCUT2D eigenvalue weighted by atomic mass is 10.0. The van der Waals surface area contributed by atoms with Crippen molar-refractivity contribution in [1.29, 1.82) is 0 Å². The molecule has 1 N–H and O–H groups in total. The van der Waals surface area contributed by atoms with E-state index in [0.29, 0.717) is 0 Å². The fourth-order valence-corrected chi connectivity index (χ4v) is 3.01. The van der Waals surface area contributed by atoms with Crippen molar-refractivity contribution < 1.29 is 33.6 Å². The van der Waals surface area contributed by atoms with Crippen LogP contribution in [0.2, 0.25) is 0 Å². The van der Waals surface area contributed by atoms with Gasteiger partial charge in [-0.25, -0.2) is 9.59 Å². The Kier molecular flexibility index (Phi) is 8.12. The minimum atomic E-state index is -1.32. The Morgan fingerprint density at radius 1 is 0.903 bits per heavy atom. The third-order valence-corrected chi connectivity index (χ3v) is 4.59. The van der Waals surface area contributed by atoms with Crippen LogP contribution in [-0.2, 0) is 28.5 Å². The van der Waals surface area contributed by atoms with E-state index < -0.39 is 36.5 Å². The molecule has 0 radical (unpaired) electrons. The van der Waals surface area contributed by atoms with Crippen LogP contribution in [0.3, 0.4) is 0 Å². The number of carbonyl (C=O) groups is 2. The zero-order valence-electron chi connectivity index (χ0n) is 17.0. The molecule has 7 heteroatoms. The van der Waals surface area contributed by atoms with Crippen LogP contribution in [0.1, 0.15) is 11.1 Å². The van der Waals surface area contributed by atoms with E-state index in [1.54, 1.807) is 12.2 Å². The molecule has 0 aliphatic carbocycles. The third-order valence-electron chi connectivity index (χ3n) is 4.59. The van der Waals surface area contributed by atoms with Gasteiger partial charge in [-0.15, -0.1) is 0 Å². The molecule has 7 nitrogen and oxygen atoms in total. The maximum Gasteiger partial charge on any atom is 0.331 e. The summed E-state index contributed by atoms with van der Waals surface area (Å²) in [6, 6.07) is 18.5. The van der Waals surface area contributed by atoms with Crippen LogP contribution in [0.4, 0.5) is 0 Å². The molecular formula is C24H24O7. The van der Waals surface area contributed by atoms with Gasteiger partial charge in [-0.2, -0.15) is 0 Å². The number of aliphatic hydroxyl groups excluding tert-OH is 1. The molecule has 31 heavy (non-hydrogen) atoms. The smallest absolute Gasteiger partial charge is 0.331 e. The maximum absolute atomic E-state index is 12.2. The highest BCUT2D eigenvalue weighted by Gasteiger charge is 2.44. The normalized spacial score (nSPS) is 23.7. The minimum absolute atomic E-state index is 0.0987. The first-order chi connectivity index (χ1) is 15.1. The first-order valence-electron chi connectivity index (χ1n) is 9.77. The molecule has 162 valence electrons. The van der Waals surface area contributed by atoms with Gasteiger partial charge in [-0.1, -0.05) is 60.7 Å². The fourth-order valence-electron chi connectivity index (χ4n) is 3.01. The molecule has 4 atom stereocenters. The summed E-state index contributed by atoms with van der Waals surface area (Å²) in [5.41, 5.74) is 1.65. The van der Waals surface area contributed by atoms with Gasteiger partial charge < -0.3 is 24.1 Å². The van der Waals surface area contributed by atoms with E-state index in [0.717, 1.165) is 11.1 Å². The van der Waals surface area contributed by atoms with Crippen LogP contribution in [0, 0.1) is 0 Å². The van der Waals surface area contributed by atoms with Crippen LogP contribution in [-0.4, -0.2) is 55.4 Å². The number of hydrogen-bond acceptors (Lipinski definition) is 7. The minimum Gasteiger partial charge on any atom is -0.454 e. The van der Waals surface area contributed by atoms with Crippen LogP contribution >= 0.6 is 0 Å². The summed E-state index contributed by atoms with van der Waals surface area (Å²) in [4.78, 5) is 24.4. The van der Waals surface area contributed by atoms with E-state index in [2.05, 4.69) is 0 Å². The Balaban J connectivity index is 1.60. The summed E-state index contributed by atoms with van der Waals surface area (Å²) < 4.78 is 21.3. The molecule has 1 fully saturated rings. The lowest BCUT2D eigenvalue weighted by Gasteiger charge is -2.37. The molecule has 3 rings (SSSR count). The second-order valence-corrected chi connectivity index (χ2v) is 6.79. The predicted octanol–water partition coefficient (Wildman–Crippen LogP) is 2.60. The zero-order chi connectivity index (χ0) is 22.1. The van der Waals surface area contributed by atoms with E-state index in [-0.39, 0.29) is 6.61 Å². The van der Waals surface area contributed by atoms with E-state index in [4.69, 9.17) is 18.9 Å². The van der Waals surface area contributed by atoms with Gasteiger partial charge in [-0.05, 0) is 23.3 Å². The summed E-state index contributed by atoms with van der Waals surface area (Å²) >= 11 is 0. The Labute approximate surface area is 180 Å². The number of rotatable bonds is 7. The quantitative estimate of drug-likeness (QED) is 0.540. The topological polar surface area (TPSA) is 91.3 Å². The number of benzene rings is 2. The first kappa shape index (κ1) is 22.4. The molecule has 0 bridgehead atoms. The Morgan fingerprint density at radius 2 is 1.42 bits per heavy atom. The largest absolute Gasteiger partial charge is 0.454 e. The molecule has 0 spiro atoms. The predicted molar refractivity (Wildman–Crippen MR) is 113 cm³/mol. The second kappa shape index (κ2) is 11.2. The molecule has 0 unspecified atom stereocenters. The molecule has 0 amide bonds. The van der Waals surface area contributed by atoms with Crippen molar-refractivity contribution in [3.8, 4) is 0 Å².